The first-order chi connectivity index (χ1) is 23.2. The minimum absolute atomic E-state index is 0. The fourth-order valence-corrected chi connectivity index (χ4v) is 12.0. The van der Waals surface area contributed by atoms with Crippen LogP contribution in [0.15, 0.2) is 59.8 Å². The van der Waals surface area contributed by atoms with Crippen LogP contribution >= 0.6 is 24.8 Å². The number of phenols is 2. The van der Waals surface area contributed by atoms with E-state index >= 15 is 0 Å². The Morgan fingerprint density at radius 1 is 0.700 bits per heavy atom. The first-order valence-corrected chi connectivity index (χ1v) is 17.5. The highest BCUT2D eigenvalue weighted by molar-refractivity contribution is 5.98. The first-order valence-electron chi connectivity index (χ1n) is 17.5. The standard InChI is InChI=1S/C38H42N4O6.2ClH/c1-3-15-41-17-13-35-29-21-5-7-25(43)31(29)47-33(35)23(9-11-37(35,45)27(41)19-21)39-40-24-10-12-38(46)28-20-22-6-8-26(44)32-30(22)36(38,34(24)48-32)14-18-42(28)16-4-2;;/h3-8,27-28,33-34,43-46H,1-2,9-20H2;2*1H/b39-23+,40-24+;;/t27?,28?,33?,34?,35-,36-,37?,38?;;/m0../s1. The summed E-state index contributed by atoms with van der Waals surface area (Å²) in [5, 5.41) is 57.4. The third-order valence-corrected chi connectivity index (χ3v) is 13.8. The Morgan fingerprint density at radius 3 is 1.52 bits per heavy atom. The molecule has 2 saturated carbocycles. The maximum atomic E-state index is 12.7. The molecule has 8 aliphatic rings. The molecule has 4 aliphatic heterocycles. The zero-order valence-corrected chi connectivity index (χ0v) is 29.5. The van der Waals surface area contributed by atoms with Gasteiger partial charge in [-0.05, 0) is 74.6 Å². The fourth-order valence-electron chi connectivity index (χ4n) is 12.0. The maximum absolute atomic E-state index is 12.7. The van der Waals surface area contributed by atoms with Crippen LogP contribution in [-0.2, 0) is 23.7 Å². The Balaban J connectivity index is 0.00000180. The van der Waals surface area contributed by atoms with Crippen LogP contribution in [-0.4, -0.2) is 103 Å². The maximum Gasteiger partial charge on any atom is 0.166 e. The Kier molecular flexibility index (Phi) is 7.61. The van der Waals surface area contributed by atoms with E-state index in [1.54, 1.807) is 12.1 Å². The Bertz CT molecular complexity index is 1750. The molecule has 12 heteroatoms. The lowest BCUT2D eigenvalue weighted by molar-refractivity contribution is -0.164. The van der Waals surface area contributed by atoms with E-state index in [1.807, 2.05) is 24.3 Å². The topological polar surface area (TPSA) is 131 Å². The number of benzene rings is 2. The second-order valence-electron chi connectivity index (χ2n) is 15.4. The second-order valence-corrected chi connectivity index (χ2v) is 15.4. The van der Waals surface area contributed by atoms with Crippen LogP contribution in [0.3, 0.4) is 0 Å². The van der Waals surface area contributed by atoms with E-state index in [2.05, 4.69) is 23.0 Å². The molecule has 50 heavy (non-hydrogen) atoms. The van der Waals surface area contributed by atoms with Crippen molar-refractivity contribution < 1.29 is 29.9 Å². The van der Waals surface area contributed by atoms with Crippen molar-refractivity contribution in [3.63, 3.8) is 0 Å². The van der Waals surface area contributed by atoms with E-state index in [0.717, 1.165) is 46.8 Å². The van der Waals surface area contributed by atoms with Crippen molar-refractivity contribution in [1.29, 1.82) is 0 Å². The summed E-state index contributed by atoms with van der Waals surface area (Å²) < 4.78 is 13.3. The number of likely N-dealkylation sites (tertiary alicyclic amines) is 2. The van der Waals surface area contributed by atoms with Crippen molar-refractivity contribution in [3.05, 3.63) is 71.8 Å². The Morgan fingerprint density at radius 2 is 1.12 bits per heavy atom. The number of piperidine rings is 2. The van der Waals surface area contributed by atoms with Gasteiger partial charge in [-0.1, -0.05) is 24.3 Å². The summed E-state index contributed by atoms with van der Waals surface area (Å²) in [5.41, 5.74) is 1.99. The molecule has 0 radical (unpaired) electrons. The van der Waals surface area contributed by atoms with Crippen LogP contribution in [0.5, 0.6) is 23.0 Å². The summed E-state index contributed by atoms with van der Waals surface area (Å²) in [5.74, 6) is 1.11. The monoisotopic (exact) mass is 722 g/mol. The van der Waals surface area contributed by atoms with Crippen molar-refractivity contribution in [1.82, 2.24) is 9.80 Å². The lowest BCUT2D eigenvalue weighted by Crippen LogP contribution is -2.76. The van der Waals surface area contributed by atoms with E-state index in [0.29, 0.717) is 76.0 Å². The lowest BCUT2D eigenvalue weighted by atomic mass is 9.48. The van der Waals surface area contributed by atoms with Crippen molar-refractivity contribution >= 4 is 36.2 Å². The van der Waals surface area contributed by atoms with Gasteiger partial charge in [0, 0.05) is 49.4 Å². The largest absolute Gasteiger partial charge is 0.504 e. The number of nitrogens with zero attached hydrogens (tertiary/aromatic N) is 4. The number of ether oxygens (including phenoxy) is 2. The highest BCUT2D eigenvalue weighted by atomic mass is 35.5. The average Bonchev–Trinajstić information content (AvgIpc) is 3.61. The molecule has 2 saturated heterocycles. The lowest BCUT2D eigenvalue weighted by Gasteiger charge is -2.63. The molecule has 10 rings (SSSR count). The van der Waals surface area contributed by atoms with Crippen LogP contribution in [0.1, 0.15) is 60.8 Å². The molecule has 2 aromatic carbocycles. The number of aromatic hydroxyl groups is 2. The summed E-state index contributed by atoms with van der Waals surface area (Å²) in [6.45, 7) is 10.9. The molecule has 4 fully saturated rings. The molecule has 4 N–H and O–H groups in total. The minimum Gasteiger partial charge on any atom is -0.504 e. The van der Waals surface area contributed by atoms with Crippen LogP contribution in [0, 0.1) is 0 Å². The van der Waals surface area contributed by atoms with Crippen LogP contribution in [0.25, 0.3) is 0 Å². The molecule has 8 atom stereocenters. The fraction of sp³-hybridized carbons (Fsp3) is 0.526. The normalized spacial score (nSPS) is 39.7. The van der Waals surface area contributed by atoms with Crippen LogP contribution < -0.4 is 9.47 Å². The summed E-state index contributed by atoms with van der Waals surface area (Å²) in [6.07, 6.45) is 7.42. The Labute approximate surface area is 304 Å². The van der Waals surface area contributed by atoms with Crippen molar-refractivity contribution in [2.24, 2.45) is 10.2 Å². The third-order valence-electron chi connectivity index (χ3n) is 13.8. The molecule has 4 bridgehead atoms. The summed E-state index contributed by atoms with van der Waals surface area (Å²) in [4.78, 5) is 4.68. The van der Waals surface area contributed by atoms with E-state index in [9.17, 15) is 20.4 Å². The molecule has 0 amide bonds. The van der Waals surface area contributed by atoms with Crippen LogP contribution in [0.2, 0.25) is 0 Å². The van der Waals surface area contributed by atoms with Crippen LogP contribution in [0.4, 0.5) is 0 Å². The van der Waals surface area contributed by atoms with E-state index in [4.69, 9.17) is 19.7 Å². The predicted molar refractivity (Wildman–Crippen MR) is 194 cm³/mol. The molecule has 2 aromatic rings. The van der Waals surface area contributed by atoms with Gasteiger partial charge in [-0.25, -0.2) is 0 Å². The van der Waals surface area contributed by atoms with Crippen molar-refractivity contribution in [3.8, 4) is 23.0 Å². The molecule has 4 heterocycles. The molecule has 6 unspecified atom stereocenters. The summed E-state index contributed by atoms with van der Waals surface area (Å²) >= 11 is 0. The van der Waals surface area contributed by atoms with Crippen molar-refractivity contribution in [2.75, 3.05) is 26.2 Å². The van der Waals surface area contributed by atoms with Crippen molar-refractivity contribution in [2.45, 2.75) is 97.7 Å². The van der Waals surface area contributed by atoms with Gasteiger partial charge in [0.25, 0.3) is 0 Å². The quantitative estimate of drug-likeness (QED) is 0.268. The van der Waals surface area contributed by atoms with Gasteiger partial charge in [0.1, 0.15) is 0 Å². The van der Waals surface area contributed by atoms with Gasteiger partial charge in [-0.15, -0.1) is 38.0 Å². The van der Waals surface area contributed by atoms with E-state index in [-0.39, 0.29) is 48.4 Å². The van der Waals surface area contributed by atoms with E-state index < -0.39 is 34.2 Å². The molecular formula is C38H44Cl2N4O6. The molecule has 2 spiro atoms. The average molecular weight is 724 g/mol. The minimum atomic E-state index is -1.06. The van der Waals surface area contributed by atoms with Gasteiger partial charge in [-0.2, -0.15) is 10.2 Å². The van der Waals surface area contributed by atoms with Gasteiger partial charge < -0.3 is 29.9 Å². The Hall–Kier alpha value is -3.12. The predicted octanol–water partition coefficient (Wildman–Crippen LogP) is 4.12. The van der Waals surface area contributed by atoms with Gasteiger partial charge >= 0.3 is 0 Å². The van der Waals surface area contributed by atoms with Gasteiger partial charge in [0.2, 0.25) is 0 Å². The number of halogens is 2. The second kappa shape index (κ2) is 11.2. The summed E-state index contributed by atoms with van der Waals surface area (Å²) in [6, 6.07) is 7.18. The highest BCUT2D eigenvalue weighted by Gasteiger charge is 2.74. The number of aliphatic hydroxyl groups is 2. The number of rotatable bonds is 5. The molecule has 4 aliphatic carbocycles. The highest BCUT2D eigenvalue weighted by Crippen LogP contribution is 2.66. The van der Waals surface area contributed by atoms with Gasteiger partial charge in [0.05, 0.1) is 33.5 Å². The molecule has 0 aromatic heterocycles. The molecular weight excluding hydrogens is 679 g/mol. The van der Waals surface area contributed by atoms with E-state index in [1.165, 1.54) is 0 Å². The molecule has 10 nitrogen and oxygen atoms in total. The number of phenolic OH excluding ortho intramolecular Hbond substituents is 2. The van der Waals surface area contributed by atoms with Gasteiger partial charge in [-0.3, -0.25) is 9.80 Å². The smallest absolute Gasteiger partial charge is 0.166 e. The molecule has 266 valence electrons. The van der Waals surface area contributed by atoms with Gasteiger partial charge in [0.15, 0.2) is 35.2 Å². The zero-order chi connectivity index (χ0) is 32.8. The zero-order valence-electron chi connectivity index (χ0n) is 27.9. The number of hydrogen-bond acceptors (Lipinski definition) is 10. The first kappa shape index (κ1) is 34.0. The third kappa shape index (κ3) is 3.75. The SMILES string of the molecule is C=CCN1CC[C@]23c4c5ccc(O)c4OC2/C(=N/N=C2\CCC4(O)C6Cc7ccc(O)c8c7[C@@]4(CCN6CC=C)C2O8)CCC3(O)C1C5.Cl.Cl. The summed E-state index contributed by atoms with van der Waals surface area (Å²) in [7, 11) is 0. The number of hydrogen-bond donors (Lipinski definition) is 4.